The second-order valence-electron chi connectivity index (χ2n) is 6.09. The maximum Gasteiger partial charge on any atom is 0.225 e. The van der Waals surface area contributed by atoms with E-state index in [0.29, 0.717) is 19.7 Å². The van der Waals surface area contributed by atoms with Gasteiger partial charge in [-0.15, -0.1) is 0 Å². The summed E-state index contributed by atoms with van der Waals surface area (Å²) in [6.45, 7) is 1.55. The van der Waals surface area contributed by atoms with Gasteiger partial charge in [-0.05, 0) is 37.0 Å². The van der Waals surface area contributed by atoms with E-state index >= 15 is 0 Å². The normalized spacial score (nSPS) is 28.9. The number of rotatable bonds is 2. The summed E-state index contributed by atoms with van der Waals surface area (Å²) >= 11 is 5.83. The zero-order valence-electron chi connectivity index (χ0n) is 12.3. The molecule has 1 heterocycles. The van der Waals surface area contributed by atoms with Gasteiger partial charge in [0.1, 0.15) is 11.9 Å². The van der Waals surface area contributed by atoms with E-state index in [4.69, 9.17) is 22.1 Å². The Labute approximate surface area is 134 Å². The van der Waals surface area contributed by atoms with Crippen LogP contribution in [0, 0.1) is 11.7 Å². The third-order valence-corrected chi connectivity index (χ3v) is 4.81. The summed E-state index contributed by atoms with van der Waals surface area (Å²) in [5.74, 6) is -0.255. The van der Waals surface area contributed by atoms with Crippen LogP contribution in [0.2, 0.25) is 5.02 Å². The second-order valence-corrected chi connectivity index (χ2v) is 6.49. The van der Waals surface area contributed by atoms with Gasteiger partial charge in [-0.1, -0.05) is 17.7 Å². The van der Waals surface area contributed by atoms with Crippen molar-refractivity contribution in [2.24, 2.45) is 11.7 Å². The molecule has 6 heteroatoms. The van der Waals surface area contributed by atoms with Gasteiger partial charge in [0.05, 0.1) is 18.2 Å². The molecule has 1 saturated heterocycles. The molecule has 0 spiro atoms. The lowest BCUT2D eigenvalue weighted by Crippen LogP contribution is -2.44. The minimum absolute atomic E-state index is 0.0329. The van der Waals surface area contributed by atoms with Gasteiger partial charge in [0.25, 0.3) is 0 Å². The Morgan fingerprint density at radius 1 is 1.41 bits per heavy atom. The van der Waals surface area contributed by atoms with Crippen LogP contribution in [0.15, 0.2) is 18.2 Å². The standard InChI is InChI=1S/C16H20ClFN2O2/c17-13-8-10(2-4-14(13)18)15-9-20(5-6-22-15)16(21)11-1-3-12(19)7-11/h2,4,8,11-12,15H,1,3,5-7,9,19H2/t11-,12+,15+/m0/s1. The van der Waals surface area contributed by atoms with Crippen LogP contribution in [0.4, 0.5) is 4.39 Å². The molecule has 1 saturated carbocycles. The van der Waals surface area contributed by atoms with Gasteiger partial charge >= 0.3 is 0 Å². The first-order valence-corrected chi connectivity index (χ1v) is 8.03. The Morgan fingerprint density at radius 3 is 2.91 bits per heavy atom. The van der Waals surface area contributed by atoms with E-state index in [1.165, 1.54) is 6.07 Å². The average molecular weight is 327 g/mol. The Morgan fingerprint density at radius 2 is 2.23 bits per heavy atom. The predicted molar refractivity (Wildman–Crippen MR) is 82.0 cm³/mol. The Hall–Kier alpha value is -1.17. The molecule has 3 atom stereocenters. The fraction of sp³-hybridized carbons (Fsp3) is 0.562. The molecule has 1 amide bonds. The first-order valence-electron chi connectivity index (χ1n) is 7.65. The molecule has 1 aromatic rings. The van der Waals surface area contributed by atoms with Crippen LogP contribution >= 0.6 is 11.6 Å². The molecule has 0 unspecified atom stereocenters. The molecule has 0 radical (unpaired) electrons. The summed E-state index contributed by atoms with van der Waals surface area (Å²) in [5.41, 5.74) is 6.69. The molecule has 1 aliphatic heterocycles. The van der Waals surface area contributed by atoms with Gasteiger partial charge in [-0.25, -0.2) is 4.39 Å². The minimum Gasteiger partial charge on any atom is -0.370 e. The van der Waals surface area contributed by atoms with E-state index in [2.05, 4.69) is 0 Å². The molecule has 1 aromatic carbocycles. The molecule has 0 bridgehead atoms. The van der Waals surface area contributed by atoms with E-state index in [1.54, 1.807) is 12.1 Å². The highest BCUT2D eigenvalue weighted by molar-refractivity contribution is 6.30. The summed E-state index contributed by atoms with van der Waals surface area (Å²) in [5, 5.41) is 0.0753. The van der Waals surface area contributed by atoms with E-state index < -0.39 is 5.82 Å². The van der Waals surface area contributed by atoms with E-state index in [-0.39, 0.29) is 29.0 Å². The van der Waals surface area contributed by atoms with Crippen molar-refractivity contribution in [2.75, 3.05) is 19.7 Å². The molecular weight excluding hydrogens is 307 g/mol. The van der Waals surface area contributed by atoms with Crippen LogP contribution < -0.4 is 5.73 Å². The van der Waals surface area contributed by atoms with Crippen molar-refractivity contribution in [3.05, 3.63) is 34.6 Å². The summed E-state index contributed by atoms with van der Waals surface area (Å²) in [7, 11) is 0. The molecule has 0 aromatic heterocycles. The average Bonchev–Trinajstić information content (AvgIpc) is 2.96. The van der Waals surface area contributed by atoms with Crippen LogP contribution in [0.25, 0.3) is 0 Å². The maximum absolute atomic E-state index is 13.3. The zero-order valence-corrected chi connectivity index (χ0v) is 13.1. The first-order chi connectivity index (χ1) is 10.5. The second kappa shape index (κ2) is 6.52. The number of amides is 1. The summed E-state index contributed by atoms with van der Waals surface area (Å²) in [6, 6.07) is 4.70. The van der Waals surface area contributed by atoms with Crippen LogP contribution in [-0.2, 0) is 9.53 Å². The Bertz CT molecular complexity index is 569. The summed E-state index contributed by atoms with van der Waals surface area (Å²) in [6.07, 6.45) is 2.29. The largest absolute Gasteiger partial charge is 0.370 e. The Balaban J connectivity index is 1.68. The smallest absolute Gasteiger partial charge is 0.225 e. The van der Waals surface area contributed by atoms with Crippen molar-refractivity contribution >= 4 is 17.5 Å². The minimum atomic E-state index is -0.450. The number of hydrogen-bond acceptors (Lipinski definition) is 3. The van der Waals surface area contributed by atoms with Crippen molar-refractivity contribution < 1.29 is 13.9 Å². The topological polar surface area (TPSA) is 55.6 Å². The number of nitrogens with two attached hydrogens (primary N) is 1. The number of morpholine rings is 1. The predicted octanol–water partition coefficient (Wildman–Crippen LogP) is 2.51. The first kappa shape index (κ1) is 15.7. The monoisotopic (exact) mass is 326 g/mol. The highest BCUT2D eigenvalue weighted by atomic mass is 35.5. The number of hydrogen-bond donors (Lipinski definition) is 1. The van der Waals surface area contributed by atoms with Crippen LogP contribution in [-0.4, -0.2) is 36.5 Å². The molecule has 2 aliphatic rings. The quantitative estimate of drug-likeness (QED) is 0.908. The van der Waals surface area contributed by atoms with Crippen molar-refractivity contribution in [1.29, 1.82) is 0 Å². The number of nitrogens with zero attached hydrogens (tertiary/aromatic N) is 1. The molecule has 22 heavy (non-hydrogen) atoms. The summed E-state index contributed by atoms with van der Waals surface area (Å²) < 4.78 is 19.0. The summed E-state index contributed by atoms with van der Waals surface area (Å²) in [4.78, 5) is 14.4. The number of benzene rings is 1. The van der Waals surface area contributed by atoms with E-state index in [1.807, 2.05) is 4.90 Å². The third kappa shape index (κ3) is 3.26. The number of carbonyl (C=O) groups excluding carboxylic acids is 1. The molecule has 3 rings (SSSR count). The molecule has 2 fully saturated rings. The molecular formula is C16H20ClFN2O2. The Kier molecular flexibility index (Phi) is 4.66. The number of carbonyl (C=O) groups is 1. The highest BCUT2D eigenvalue weighted by Gasteiger charge is 2.33. The lowest BCUT2D eigenvalue weighted by atomic mass is 10.0. The molecule has 2 N–H and O–H groups in total. The van der Waals surface area contributed by atoms with Gasteiger partial charge in [0.15, 0.2) is 0 Å². The van der Waals surface area contributed by atoms with Crippen molar-refractivity contribution in [2.45, 2.75) is 31.4 Å². The lowest BCUT2D eigenvalue weighted by molar-refractivity contribution is -0.143. The molecule has 1 aliphatic carbocycles. The van der Waals surface area contributed by atoms with Crippen LogP contribution in [0.3, 0.4) is 0 Å². The van der Waals surface area contributed by atoms with E-state index in [9.17, 15) is 9.18 Å². The van der Waals surface area contributed by atoms with Gasteiger partial charge in [0.2, 0.25) is 5.91 Å². The molecule has 120 valence electrons. The van der Waals surface area contributed by atoms with Crippen molar-refractivity contribution in [1.82, 2.24) is 4.90 Å². The van der Waals surface area contributed by atoms with E-state index in [0.717, 1.165) is 24.8 Å². The van der Waals surface area contributed by atoms with Gasteiger partial charge in [0, 0.05) is 18.5 Å². The van der Waals surface area contributed by atoms with Crippen LogP contribution in [0.5, 0.6) is 0 Å². The maximum atomic E-state index is 13.3. The highest BCUT2D eigenvalue weighted by Crippen LogP contribution is 2.30. The SMILES string of the molecule is N[C@@H]1CC[C@H](C(=O)N2CCO[C@@H](c3ccc(F)c(Cl)c3)C2)C1. The van der Waals surface area contributed by atoms with Gasteiger partial charge < -0.3 is 15.4 Å². The van der Waals surface area contributed by atoms with Crippen molar-refractivity contribution in [3.63, 3.8) is 0 Å². The van der Waals surface area contributed by atoms with Gasteiger partial charge in [-0.3, -0.25) is 4.79 Å². The third-order valence-electron chi connectivity index (χ3n) is 4.52. The van der Waals surface area contributed by atoms with Crippen molar-refractivity contribution in [3.8, 4) is 0 Å². The molecule has 4 nitrogen and oxygen atoms in total. The lowest BCUT2D eigenvalue weighted by Gasteiger charge is -2.34. The van der Waals surface area contributed by atoms with Crippen LogP contribution in [0.1, 0.15) is 30.9 Å². The van der Waals surface area contributed by atoms with Gasteiger partial charge in [-0.2, -0.15) is 0 Å². The zero-order chi connectivity index (χ0) is 15.7. The number of halogens is 2. The number of ether oxygens (including phenoxy) is 1. The fourth-order valence-corrected chi connectivity index (χ4v) is 3.45. The fourth-order valence-electron chi connectivity index (χ4n) is 3.26.